The number of benzene rings is 1. The Balaban J connectivity index is 1.52. The molecule has 0 unspecified atom stereocenters. The topological polar surface area (TPSA) is 26.3 Å². The van der Waals surface area contributed by atoms with Crippen LogP contribution < -0.4 is 4.74 Å². The van der Waals surface area contributed by atoms with Crippen LogP contribution >= 0.6 is 0 Å². The van der Waals surface area contributed by atoms with Crippen LogP contribution in [0.3, 0.4) is 0 Å². The summed E-state index contributed by atoms with van der Waals surface area (Å²) in [5.41, 5.74) is 0.943. The van der Waals surface area contributed by atoms with E-state index in [4.69, 9.17) is 4.74 Å². The van der Waals surface area contributed by atoms with Gasteiger partial charge in [0.15, 0.2) is 11.6 Å². The van der Waals surface area contributed by atoms with Crippen LogP contribution in [-0.2, 0) is 4.79 Å². The third kappa shape index (κ3) is 7.35. The Morgan fingerprint density at radius 3 is 2.31 bits per heavy atom. The molecular weight excluding hydrogens is 449 g/mol. The molecule has 0 N–H and O–H groups in total. The molecule has 2 nitrogen and oxygen atoms in total. The summed E-state index contributed by atoms with van der Waals surface area (Å²) in [7, 11) is 0. The molecule has 35 heavy (non-hydrogen) atoms. The largest absolute Gasteiger partial charge is 0.423 e. The highest BCUT2D eigenvalue weighted by atomic mass is 19.2. The Morgan fingerprint density at radius 1 is 1.03 bits per heavy atom. The van der Waals surface area contributed by atoms with Gasteiger partial charge in [0.1, 0.15) is 5.83 Å². The number of halogens is 3. The Bertz CT molecular complexity index is 933. The van der Waals surface area contributed by atoms with Crippen molar-refractivity contribution in [3.63, 3.8) is 0 Å². The van der Waals surface area contributed by atoms with Gasteiger partial charge in [-0.1, -0.05) is 44.6 Å². The second-order valence-electron chi connectivity index (χ2n) is 10.3. The van der Waals surface area contributed by atoms with Crippen molar-refractivity contribution in [2.45, 2.75) is 90.4 Å². The van der Waals surface area contributed by atoms with E-state index in [2.05, 4.69) is 13.5 Å². The van der Waals surface area contributed by atoms with Crippen molar-refractivity contribution in [2.75, 3.05) is 0 Å². The summed E-state index contributed by atoms with van der Waals surface area (Å²) in [4.78, 5) is 12.6. The standard InChI is InChI=1S/C30H39F3O2/c1-4-6-20(3)26(31)18-12-22-10-15-24(16-11-22)30(34)35-27-19-17-25(28(32)29(27)33)23-13-8-21(7-5-2)9-14-23/h4,6,17-19,21-24H,1,5,7-16H2,2-3H3/b20-6-,26-18+. The lowest BCUT2D eigenvalue weighted by molar-refractivity contribution is -0.140. The minimum atomic E-state index is -1.07. The van der Waals surface area contributed by atoms with Crippen molar-refractivity contribution < 1.29 is 22.7 Å². The highest BCUT2D eigenvalue weighted by molar-refractivity contribution is 5.75. The van der Waals surface area contributed by atoms with E-state index in [0.717, 1.165) is 44.9 Å². The molecule has 0 aromatic heterocycles. The summed E-state index contributed by atoms with van der Waals surface area (Å²) < 4.78 is 49.0. The van der Waals surface area contributed by atoms with Gasteiger partial charge in [0.2, 0.25) is 5.82 Å². The van der Waals surface area contributed by atoms with Crippen molar-refractivity contribution in [2.24, 2.45) is 17.8 Å². The van der Waals surface area contributed by atoms with Crippen molar-refractivity contribution in [1.82, 2.24) is 0 Å². The molecule has 1 aromatic rings. The monoisotopic (exact) mass is 488 g/mol. The van der Waals surface area contributed by atoms with Crippen LogP contribution in [0.2, 0.25) is 0 Å². The van der Waals surface area contributed by atoms with Crippen LogP contribution in [0.5, 0.6) is 5.75 Å². The minimum absolute atomic E-state index is 0.0209. The molecule has 5 heteroatoms. The van der Waals surface area contributed by atoms with Gasteiger partial charge in [0.05, 0.1) is 5.92 Å². The van der Waals surface area contributed by atoms with Gasteiger partial charge in [-0.3, -0.25) is 4.79 Å². The first kappa shape index (κ1) is 27.3. The highest BCUT2D eigenvalue weighted by Crippen LogP contribution is 2.40. The predicted molar refractivity (Wildman–Crippen MR) is 135 cm³/mol. The third-order valence-corrected chi connectivity index (χ3v) is 7.83. The molecule has 2 aliphatic carbocycles. The zero-order chi connectivity index (χ0) is 25.4. The minimum Gasteiger partial charge on any atom is -0.423 e. The predicted octanol–water partition coefficient (Wildman–Crippen LogP) is 9.13. The molecule has 2 fully saturated rings. The Kier molecular flexibility index (Phi) is 10.2. The molecule has 0 bridgehead atoms. The van der Waals surface area contributed by atoms with Gasteiger partial charge < -0.3 is 4.74 Å². The van der Waals surface area contributed by atoms with Crippen LogP contribution in [0, 0.1) is 29.4 Å². The van der Waals surface area contributed by atoms with E-state index in [9.17, 15) is 18.0 Å². The molecule has 0 spiro atoms. The molecule has 3 rings (SSSR count). The highest BCUT2D eigenvalue weighted by Gasteiger charge is 2.30. The summed E-state index contributed by atoms with van der Waals surface area (Å²) in [5, 5.41) is 0. The van der Waals surface area contributed by atoms with E-state index in [1.807, 2.05) is 0 Å². The van der Waals surface area contributed by atoms with Gasteiger partial charge in [-0.25, -0.2) is 8.78 Å². The fourth-order valence-corrected chi connectivity index (χ4v) is 5.62. The lowest BCUT2D eigenvalue weighted by Crippen LogP contribution is -2.26. The first-order valence-corrected chi connectivity index (χ1v) is 13.2. The number of ether oxygens (including phenoxy) is 1. The number of carbonyl (C=O) groups excluding carboxylic acids is 1. The first-order valence-electron chi connectivity index (χ1n) is 13.2. The van der Waals surface area contributed by atoms with Crippen LogP contribution in [0.4, 0.5) is 13.2 Å². The quantitative estimate of drug-likeness (QED) is 0.197. The maximum absolute atomic E-state index is 14.9. The van der Waals surface area contributed by atoms with Gasteiger partial charge in [-0.15, -0.1) is 0 Å². The van der Waals surface area contributed by atoms with E-state index in [-0.39, 0.29) is 23.4 Å². The molecule has 0 radical (unpaired) electrons. The summed E-state index contributed by atoms with van der Waals surface area (Å²) in [6, 6.07) is 2.99. The second-order valence-corrected chi connectivity index (χ2v) is 10.3. The van der Waals surface area contributed by atoms with Gasteiger partial charge in [-0.2, -0.15) is 4.39 Å². The average Bonchev–Trinajstić information content (AvgIpc) is 2.86. The number of carbonyl (C=O) groups is 1. The Hall–Kier alpha value is -2.30. The van der Waals surface area contributed by atoms with Gasteiger partial charge in [0, 0.05) is 0 Å². The summed E-state index contributed by atoms with van der Waals surface area (Å²) in [6.07, 6.45) is 14.3. The molecule has 0 atom stereocenters. The molecule has 192 valence electrons. The van der Waals surface area contributed by atoms with Crippen LogP contribution in [0.15, 0.2) is 48.3 Å². The molecule has 2 saturated carbocycles. The van der Waals surface area contributed by atoms with Crippen LogP contribution in [0.1, 0.15) is 96.0 Å². The number of hydrogen-bond acceptors (Lipinski definition) is 2. The fraction of sp³-hybridized carbons (Fsp3) is 0.567. The lowest BCUT2D eigenvalue weighted by atomic mass is 9.77. The average molecular weight is 489 g/mol. The zero-order valence-electron chi connectivity index (χ0n) is 21.1. The van der Waals surface area contributed by atoms with E-state index in [0.29, 0.717) is 42.2 Å². The number of rotatable bonds is 9. The molecule has 0 amide bonds. The van der Waals surface area contributed by atoms with Gasteiger partial charge in [0.25, 0.3) is 0 Å². The maximum Gasteiger partial charge on any atom is 0.314 e. The third-order valence-electron chi connectivity index (χ3n) is 7.83. The van der Waals surface area contributed by atoms with E-state index in [1.165, 1.54) is 12.5 Å². The molecular formula is C30H39F3O2. The molecule has 1 aromatic carbocycles. The van der Waals surface area contributed by atoms with Gasteiger partial charge >= 0.3 is 5.97 Å². The number of allylic oxidation sites excluding steroid dienone is 5. The van der Waals surface area contributed by atoms with Gasteiger partial charge in [-0.05, 0) is 106 Å². The summed E-state index contributed by atoms with van der Waals surface area (Å²) in [6.45, 7) is 7.45. The van der Waals surface area contributed by atoms with E-state index < -0.39 is 17.6 Å². The lowest BCUT2D eigenvalue weighted by Gasteiger charge is -2.29. The van der Waals surface area contributed by atoms with Crippen molar-refractivity contribution in [1.29, 1.82) is 0 Å². The molecule has 0 heterocycles. The Morgan fingerprint density at radius 2 is 1.69 bits per heavy atom. The van der Waals surface area contributed by atoms with Crippen molar-refractivity contribution in [3.8, 4) is 5.75 Å². The Labute approximate surface area is 208 Å². The maximum atomic E-state index is 14.9. The number of esters is 1. The van der Waals surface area contributed by atoms with E-state index >= 15 is 0 Å². The molecule has 0 saturated heterocycles. The molecule has 2 aliphatic rings. The zero-order valence-corrected chi connectivity index (χ0v) is 21.1. The van der Waals surface area contributed by atoms with Crippen molar-refractivity contribution in [3.05, 3.63) is 65.5 Å². The number of hydrogen-bond donors (Lipinski definition) is 0. The van der Waals surface area contributed by atoms with Crippen LogP contribution in [0.25, 0.3) is 0 Å². The van der Waals surface area contributed by atoms with E-state index in [1.54, 1.807) is 31.2 Å². The van der Waals surface area contributed by atoms with Crippen LogP contribution in [-0.4, -0.2) is 5.97 Å². The molecule has 0 aliphatic heterocycles. The smallest absolute Gasteiger partial charge is 0.314 e. The fourth-order valence-electron chi connectivity index (χ4n) is 5.62. The normalized spacial score (nSPS) is 25.9. The summed E-state index contributed by atoms with van der Waals surface area (Å²) in [5.74, 6) is -2.38. The first-order chi connectivity index (χ1) is 16.8. The summed E-state index contributed by atoms with van der Waals surface area (Å²) >= 11 is 0. The second kappa shape index (κ2) is 13.1. The SMILES string of the molecule is C=C/C=C(C)\C(F)=C/CC1CCC(C(=O)Oc2ccc(C3CCC(CCC)CC3)c(F)c2F)CC1. The van der Waals surface area contributed by atoms with Crippen molar-refractivity contribution >= 4 is 5.97 Å².